The summed E-state index contributed by atoms with van der Waals surface area (Å²) in [6, 6.07) is 13.4. The fourth-order valence-corrected chi connectivity index (χ4v) is 1.77. The van der Waals surface area contributed by atoms with Crippen molar-refractivity contribution in [2.24, 2.45) is 5.41 Å². The summed E-state index contributed by atoms with van der Waals surface area (Å²) in [6.45, 7) is 5.60. The van der Waals surface area contributed by atoms with Gasteiger partial charge in [-0.2, -0.15) is 0 Å². The Morgan fingerprint density at radius 2 is 1.68 bits per heavy atom. The second kappa shape index (κ2) is 4.88. The third kappa shape index (κ3) is 3.02. The number of carbonyl (C=O) groups excluding carboxylic acids is 1. The van der Waals surface area contributed by atoms with E-state index in [0.29, 0.717) is 5.56 Å². The monoisotopic (exact) mass is 254 g/mol. The maximum Gasteiger partial charge on any atom is 0.189 e. The number of aliphatic hydroxyl groups excluding tert-OH is 1. The number of hydrogen-bond acceptors (Lipinski definition) is 2. The van der Waals surface area contributed by atoms with Gasteiger partial charge in [0.15, 0.2) is 5.78 Å². The number of rotatable bonds is 2. The van der Waals surface area contributed by atoms with Crippen molar-refractivity contribution in [2.75, 3.05) is 0 Å². The molecule has 0 heterocycles. The Morgan fingerprint density at radius 1 is 1.05 bits per heavy atom. The van der Waals surface area contributed by atoms with E-state index in [1.807, 2.05) is 57.2 Å². The van der Waals surface area contributed by atoms with Gasteiger partial charge in [-0.15, -0.1) is 0 Å². The highest BCUT2D eigenvalue weighted by Crippen LogP contribution is 2.23. The van der Waals surface area contributed by atoms with E-state index in [9.17, 15) is 9.90 Å². The Kier molecular flexibility index (Phi) is 3.43. The molecule has 0 atom stereocenters. The number of carbonyl (C=O) groups is 1. The van der Waals surface area contributed by atoms with Gasteiger partial charge in [-0.1, -0.05) is 57.2 Å². The van der Waals surface area contributed by atoms with E-state index >= 15 is 0 Å². The first-order chi connectivity index (χ1) is 8.88. The predicted octanol–water partition coefficient (Wildman–Crippen LogP) is 4.51. The van der Waals surface area contributed by atoms with E-state index in [0.717, 1.165) is 10.8 Å². The van der Waals surface area contributed by atoms with Crippen LogP contribution in [-0.2, 0) is 0 Å². The van der Waals surface area contributed by atoms with Gasteiger partial charge in [0.2, 0.25) is 0 Å². The van der Waals surface area contributed by atoms with Gasteiger partial charge in [0.05, 0.1) is 0 Å². The molecule has 0 unspecified atom stereocenters. The van der Waals surface area contributed by atoms with E-state index in [4.69, 9.17) is 0 Å². The first-order valence-corrected chi connectivity index (χ1v) is 6.32. The standard InChI is InChI=1S/C17H18O2/c1-17(2,3)16(19)11-15(18)14-9-8-12-6-4-5-7-13(12)10-14/h4-11,19H,1-3H3/b16-11-. The normalized spacial score (nSPS) is 12.7. The van der Waals surface area contributed by atoms with Gasteiger partial charge in [0.25, 0.3) is 0 Å². The second-order valence-corrected chi connectivity index (χ2v) is 5.71. The lowest BCUT2D eigenvalue weighted by atomic mass is 9.92. The summed E-state index contributed by atoms with van der Waals surface area (Å²) in [7, 11) is 0. The number of ketones is 1. The van der Waals surface area contributed by atoms with Gasteiger partial charge < -0.3 is 5.11 Å². The predicted molar refractivity (Wildman–Crippen MR) is 78.4 cm³/mol. The van der Waals surface area contributed by atoms with E-state index in [1.165, 1.54) is 6.08 Å². The van der Waals surface area contributed by atoms with Gasteiger partial charge in [0.1, 0.15) is 5.76 Å². The van der Waals surface area contributed by atoms with Crippen LogP contribution in [0.5, 0.6) is 0 Å². The summed E-state index contributed by atoms with van der Waals surface area (Å²) >= 11 is 0. The average Bonchev–Trinajstić information content (AvgIpc) is 2.37. The Morgan fingerprint density at radius 3 is 2.32 bits per heavy atom. The maximum atomic E-state index is 12.1. The molecular weight excluding hydrogens is 236 g/mol. The van der Waals surface area contributed by atoms with Crippen LogP contribution in [-0.4, -0.2) is 10.9 Å². The smallest absolute Gasteiger partial charge is 0.189 e. The van der Waals surface area contributed by atoms with Crippen molar-refractivity contribution in [2.45, 2.75) is 20.8 Å². The molecule has 2 nitrogen and oxygen atoms in total. The molecule has 0 bridgehead atoms. The molecule has 0 saturated heterocycles. The van der Waals surface area contributed by atoms with Crippen LogP contribution in [0, 0.1) is 5.41 Å². The van der Waals surface area contributed by atoms with E-state index in [2.05, 4.69) is 0 Å². The Balaban J connectivity index is 2.37. The minimum Gasteiger partial charge on any atom is -0.512 e. The Hall–Kier alpha value is -2.09. The first kappa shape index (κ1) is 13.3. The zero-order valence-corrected chi connectivity index (χ0v) is 11.5. The topological polar surface area (TPSA) is 37.3 Å². The highest BCUT2D eigenvalue weighted by atomic mass is 16.3. The second-order valence-electron chi connectivity index (χ2n) is 5.71. The zero-order chi connectivity index (χ0) is 14.0. The fraction of sp³-hybridized carbons (Fsp3) is 0.235. The summed E-state index contributed by atoms with van der Waals surface area (Å²) in [6.07, 6.45) is 1.31. The van der Waals surface area contributed by atoms with Crippen LogP contribution < -0.4 is 0 Å². The molecule has 2 heteroatoms. The third-order valence-corrected chi connectivity index (χ3v) is 3.07. The number of allylic oxidation sites excluding steroid dienone is 2. The van der Waals surface area contributed by atoms with Crippen LogP contribution in [0.1, 0.15) is 31.1 Å². The molecule has 0 aliphatic carbocycles. The molecule has 0 saturated carbocycles. The molecule has 0 fully saturated rings. The highest BCUT2D eigenvalue weighted by Gasteiger charge is 2.17. The largest absolute Gasteiger partial charge is 0.512 e. The van der Waals surface area contributed by atoms with Gasteiger partial charge >= 0.3 is 0 Å². The summed E-state index contributed by atoms with van der Waals surface area (Å²) < 4.78 is 0. The molecule has 0 aromatic heterocycles. The van der Waals surface area contributed by atoms with Gasteiger partial charge in [-0.05, 0) is 16.8 Å². The molecule has 2 aromatic carbocycles. The molecule has 0 radical (unpaired) electrons. The molecule has 0 aliphatic heterocycles. The van der Waals surface area contributed by atoms with E-state index in [1.54, 1.807) is 6.07 Å². The average molecular weight is 254 g/mol. The lowest BCUT2D eigenvalue weighted by Crippen LogP contribution is -2.10. The minimum atomic E-state index is -0.410. The molecule has 2 rings (SSSR count). The Bertz CT molecular complexity index is 646. The molecule has 0 aliphatic rings. The highest BCUT2D eigenvalue weighted by molar-refractivity contribution is 6.07. The van der Waals surface area contributed by atoms with Crippen LogP contribution in [0.2, 0.25) is 0 Å². The lowest BCUT2D eigenvalue weighted by molar-refractivity contribution is 0.103. The molecule has 2 aromatic rings. The SMILES string of the molecule is CC(C)(C)/C(O)=C/C(=O)c1ccc2ccccc2c1. The summed E-state index contributed by atoms with van der Waals surface area (Å²) in [5.74, 6) is -0.0659. The summed E-state index contributed by atoms with van der Waals surface area (Å²) in [4.78, 5) is 12.1. The lowest BCUT2D eigenvalue weighted by Gasteiger charge is -2.16. The fourth-order valence-electron chi connectivity index (χ4n) is 1.77. The van der Waals surface area contributed by atoms with Crippen molar-refractivity contribution in [3.63, 3.8) is 0 Å². The van der Waals surface area contributed by atoms with Crippen molar-refractivity contribution in [3.8, 4) is 0 Å². The van der Waals surface area contributed by atoms with E-state index in [-0.39, 0.29) is 11.5 Å². The quantitative estimate of drug-likeness (QED) is 0.486. The number of hydrogen-bond donors (Lipinski definition) is 1. The zero-order valence-electron chi connectivity index (χ0n) is 11.5. The van der Waals surface area contributed by atoms with Crippen molar-refractivity contribution in [1.82, 2.24) is 0 Å². The number of benzene rings is 2. The molecular formula is C17H18O2. The minimum absolute atomic E-state index is 0.102. The van der Waals surface area contributed by atoms with E-state index < -0.39 is 5.41 Å². The summed E-state index contributed by atoms with van der Waals surface area (Å²) in [5.41, 5.74) is 0.182. The van der Waals surface area contributed by atoms with Crippen molar-refractivity contribution in [3.05, 3.63) is 59.9 Å². The van der Waals surface area contributed by atoms with Gasteiger partial charge in [0, 0.05) is 17.1 Å². The van der Waals surface area contributed by atoms with Crippen molar-refractivity contribution < 1.29 is 9.90 Å². The molecule has 98 valence electrons. The maximum absolute atomic E-state index is 12.1. The van der Waals surface area contributed by atoms with Crippen LogP contribution in [0.15, 0.2) is 54.3 Å². The van der Waals surface area contributed by atoms with Gasteiger partial charge in [-0.25, -0.2) is 0 Å². The van der Waals surface area contributed by atoms with Crippen molar-refractivity contribution in [1.29, 1.82) is 0 Å². The number of fused-ring (bicyclic) bond motifs is 1. The first-order valence-electron chi connectivity index (χ1n) is 6.32. The van der Waals surface area contributed by atoms with Crippen LogP contribution >= 0.6 is 0 Å². The number of aliphatic hydroxyl groups is 1. The molecule has 19 heavy (non-hydrogen) atoms. The molecule has 0 spiro atoms. The molecule has 1 N–H and O–H groups in total. The van der Waals surface area contributed by atoms with Crippen LogP contribution in [0.3, 0.4) is 0 Å². The third-order valence-electron chi connectivity index (χ3n) is 3.07. The van der Waals surface area contributed by atoms with Crippen molar-refractivity contribution >= 4 is 16.6 Å². The molecule has 0 amide bonds. The van der Waals surface area contributed by atoms with Gasteiger partial charge in [-0.3, -0.25) is 4.79 Å². The summed E-state index contributed by atoms with van der Waals surface area (Å²) in [5, 5.41) is 12.0. The van der Waals surface area contributed by atoms with Crippen LogP contribution in [0.25, 0.3) is 10.8 Å². The Labute approximate surface area is 113 Å². The van der Waals surface area contributed by atoms with Crippen LogP contribution in [0.4, 0.5) is 0 Å².